The highest BCUT2D eigenvalue weighted by Gasteiger charge is 2.21. The Morgan fingerprint density at radius 2 is 1.86 bits per heavy atom. The number of carbonyl (C=O) groups excluding carboxylic acids is 1. The Labute approximate surface area is 175 Å². The van der Waals surface area contributed by atoms with Crippen LogP contribution in [0.1, 0.15) is 11.1 Å². The van der Waals surface area contributed by atoms with E-state index in [0.29, 0.717) is 13.0 Å². The Morgan fingerprint density at radius 1 is 1.07 bits per heavy atom. The Hall–Kier alpha value is -2.92. The molecule has 1 aliphatic rings. The van der Waals surface area contributed by atoms with Crippen LogP contribution in [0.4, 0.5) is 0 Å². The summed E-state index contributed by atoms with van der Waals surface area (Å²) in [6.07, 6.45) is 2.47. The second-order valence-corrected chi connectivity index (χ2v) is 8.11. The molecule has 0 saturated carbocycles. The van der Waals surface area contributed by atoms with Crippen LogP contribution in [0.2, 0.25) is 0 Å². The number of fused-ring (bicyclic) bond motifs is 1. The minimum atomic E-state index is 0.0463. The number of ether oxygens (including phenoxy) is 1. The summed E-state index contributed by atoms with van der Waals surface area (Å²) in [4.78, 5) is 14.7. The SMILES string of the molecule is COc1ccccc1CN1C=CSC1CNC(=O)Cc1ccc2ccccc2c1. The van der Waals surface area contributed by atoms with Crippen LogP contribution < -0.4 is 10.1 Å². The number of hydrogen-bond donors (Lipinski definition) is 1. The lowest BCUT2D eigenvalue weighted by Gasteiger charge is -2.25. The first-order valence-electron chi connectivity index (χ1n) is 9.67. The molecule has 148 valence electrons. The van der Waals surface area contributed by atoms with Crippen LogP contribution in [-0.4, -0.2) is 29.8 Å². The number of benzene rings is 3. The zero-order chi connectivity index (χ0) is 20.1. The van der Waals surface area contributed by atoms with Gasteiger partial charge in [0, 0.05) is 24.9 Å². The molecule has 5 heteroatoms. The maximum Gasteiger partial charge on any atom is 0.224 e. The third kappa shape index (κ3) is 4.74. The first kappa shape index (κ1) is 19.4. The van der Waals surface area contributed by atoms with Gasteiger partial charge in [0.1, 0.15) is 5.75 Å². The van der Waals surface area contributed by atoms with Gasteiger partial charge in [-0.15, -0.1) is 11.8 Å². The molecule has 29 heavy (non-hydrogen) atoms. The summed E-state index contributed by atoms with van der Waals surface area (Å²) in [5.74, 6) is 0.932. The average Bonchev–Trinajstić information content (AvgIpc) is 3.19. The summed E-state index contributed by atoms with van der Waals surface area (Å²) in [7, 11) is 1.69. The van der Waals surface area contributed by atoms with E-state index in [1.54, 1.807) is 18.9 Å². The lowest BCUT2D eigenvalue weighted by atomic mass is 10.0. The number of methoxy groups -OCH3 is 1. The minimum absolute atomic E-state index is 0.0463. The molecule has 3 aromatic rings. The molecule has 0 radical (unpaired) electrons. The molecule has 1 aliphatic heterocycles. The molecular weight excluding hydrogens is 380 g/mol. The van der Waals surface area contributed by atoms with Gasteiger partial charge in [0.05, 0.1) is 18.9 Å². The summed E-state index contributed by atoms with van der Waals surface area (Å²) in [5.41, 5.74) is 2.17. The zero-order valence-electron chi connectivity index (χ0n) is 16.4. The molecular formula is C24H24N2O2S. The topological polar surface area (TPSA) is 41.6 Å². The van der Waals surface area contributed by atoms with E-state index in [-0.39, 0.29) is 11.3 Å². The minimum Gasteiger partial charge on any atom is -0.496 e. The van der Waals surface area contributed by atoms with Crippen molar-refractivity contribution in [2.24, 2.45) is 0 Å². The van der Waals surface area contributed by atoms with E-state index in [1.165, 1.54) is 5.39 Å². The van der Waals surface area contributed by atoms with E-state index in [1.807, 2.05) is 36.4 Å². The predicted octanol–water partition coefficient (Wildman–Crippen LogP) is 4.55. The van der Waals surface area contributed by atoms with Gasteiger partial charge in [0.2, 0.25) is 5.91 Å². The molecule has 0 bridgehead atoms. The van der Waals surface area contributed by atoms with Gasteiger partial charge in [0.15, 0.2) is 0 Å². The number of nitrogens with zero attached hydrogens (tertiary/aromatic N) is 1. The monoisotopic (exact) mass is 404 g/mol. The van der Waals surface area contributed by atoms with Gasteiger partial charge in [-0.05, 0) is 27.8 Å². The maximum atomic E-state index is 12.5. The van der Waals surface area contributed by atoms with Crippen LogP contribution >= 0.6 is 11.8 Å². The molecule has 1 amide bonds. The lowest BCUT2D eigenvalue weighted by Crippen LogP contribution is -2.38. The van der Waals surface area contributed by atoms with Crippen molar-refractivity contribution in [2.45, 2.75) is 18.3 Å². The number of amides is 1. The van der Waals surface area contributed by atoms with Crippen LogP contribution in [0.5, 0.6) is 5.75 Å². The Kier molecular flexibility index (Phi) is 6.06. The van der Waals surface area contributed by atoms with Gasteiger partial charge in [-0.2, -0.15) is 0 Å². The van der Waals surface area contributed by atoms with Crippen LogP contribution in [0.25, 0.3) is 10.8 Å². The highest BCUT2D eigenvalue weighted by atomic mass is 32.2. The third-order valence-electron chi connectivity index (χ3n) is 5.06. The number of para-hydroxylation sites is 1. The predicted molar refractivity (Wildman–Crippen MR) is 120 cm³/mol. The van der Waals surface area contributed by atoms with Crippen LogP contribution in [-0.2, 0) is 17.8 Å². The normalized spacial score (nSPS) is 15.6. The van der Waals surface area contributed by atoms with E-state index in [4.69, 9.17) is 4.74 Å². The van der Waals surface area contributed by atoms with Crippen molar-refractivity contribution >= 4 is 28.4 Å². The third-order valence-corrected chi connectivity index (χ3v) is 6.09. The van der Waals surface area contributed by atoms with E-state index in [2.05, 4.69) is 52.2 Å². The van der Waals surface area contributed by atoms with Crippen LogP contribution in [0.15, 0.2) is 78.3 Å². The van der Waals surface area contributed by atoms with E-state index >= 15 is 0 Å². The largest absolute Gasteiger partial charge is 0.496 e. The summed E-state index contributed by atoms with van der Waals surface area (Å²) in [6, 6.07) is 22.4. The van der Waals surface area contributed by atoms with Gasteiger partial charge >= 0.3 is 0 Å². The molecule has 0 spiro atoms. The summed E-state index contributed by atoms with van der Waals surface area (Å²) < 4.78 is 5.46. The highest BCUT2D eigenvalue weighted by Crippen LogP contribution is 2.29. The van der Waals surface area contributed by atoms with Crippen molar-refractivity contribution in [2.75, 3.05) is 13.7 Å². The number of thioether (sulfide) groups is 1. The second kappa shape index (κ2) is 9.05. The van der Waals surface area contributed by atoms with Crippen molar-refractivity contribution in [3.05, 3.63) is 89.5 Å². The fraction of sp³-hybridized carbons (Fsp3) is 0.208. The molecule has 4 nitrogen and oxygen atoms in total. The second-order valence-electron chi connectivity index (χ2n) is 7.02. The van der Waals surface area contributed by atoms with Gasteiger partial charge in [-0.3, -0.25) is 4.79 Å². The van der Waals surface area contributed by atoms with Crippen LogP contribution in [0.3, 0.4) is 0 Å². The fourth-order valence-corrected chi connectivity index (χ4v) is 4.41. The van der Waals surface area contributed by atoms with Crippen molar-refractivity contribution < 1.29 is 9.53 Å². The quantitative estimate of drug-likeness (QED) is 0.627. The molecule has 1 unspecified atom stereocenters. The molecule has 4 rings (SSSR count). The van der Waals surface area contributed by atoms with Gasteiger partial charge in [-0.1, -0.05) is 60.7 Å². The Bertz CT molecular complexity index is 1030. The number of nitrogens with one attached hydrogen (secondary N) is 1. The zero-order valence-corrected chi connectivity index (χ0v) is 17.2. The van der Waals surface area contributed by atoms with Crippen molar-refractivity contribution in [1.29, 1.82) is 0 Å². The van der Waals surface area contributed by atoms with Crippen LogP contribution in [0, 0.1) is 0 Å². The Morgan fingerprint density at radius 3 is 2.72 bits per heavy atom. The average molecular weight is 405 g/mol. The molecule has 0 saturated heterocycles. The summed E-state index contributed by atoms with van der Waals surface area (Å²) in [5, 5.41) is 7.71. The molecule has 0 aromatic heterocycles. The highest BCUT2D eigenvalue weighted by molar-refractivity contribution is 8.02. The molecule has 3 aromatic carbocycles. The molecule has 1 heterocycles. The molecule has 0 fully saturated rings. The van der Waals surface area contributed by atoms with E-state index < -0.39 is 0 Å². The summed E-state index contributed by atoms with van der Waals surface area (Å²) >= 11 is 1.72. The first-order chi connectivity index (χ1) is 14.2. The number of carbonyl (C=O) groups is 1. The van der Waals surface area contributed by atoms with Gasteiger partial charge in [0.25, 0.3) is 0 Å². The smallest absolute Gasteiger partial charge is 0.224 e. The van der Waals surface area contributed by atoms with E-state index in [0.717, 1.165) is 28.8 Å². The first-order valence-corrected chi connectivity index (χ1v) is 10.6. The summed E-state index contributed by atoms with van der Waals surface area (Å²) in [6.45, 7) is 1.35. The number of hydrogen-bond acceptors (Lipinski definition) is 4. The van der Waals surface area contributed by atoms with Gasteiger partial charge < -0.3 is 15.0 Å². The maximum absolute atomic E-state index is 12.5. The van der Waals surface area contributed by atoms with Crippen molar-refractivity contribution in [1.82, 2.24) is 10.2 Å². The fourth-order valence-electron chi connectivity index (χ4n) is 3.53. The molecule has 1 N–H and O–H groups in total. The van der Waals surface area contributed by atoms with Crippen molar-refractivity contribution in [3.8, 4) is 5.75 Å². The number of rotatable bonds is 7. The molecule has 1 atom stereocenters. The Balaban J connectivity index is 1.33. The van der Waals surface area contributed by atoms with Crippen molar-refractivity contribution in [3.63, 3.8) is 0 Å². The van der Waals surface area contributed by atoms with Gasteiger partial charge in [-0.25, -0.2) is 0 Å². The molecule has 0 aliphatic carbocycles. The standard InChI is InChI=1S/C24H24N2O2S/c1-28-22-9-5-4-8-21(22)17-26-12-13-29-24(26)16-25-23(27)15-18-10-11-19-6-2-3-7-20(19)14-18/h2-14,24H,15-17H2,1H3,(H,25,27). The van der Waals surface area contributed by atoms with E-state index in [9.17, 15) is 4.79 Å². The lowest BCUT2D eigenvalue weighted by molar-refractivity contribution is -0.120.